The molecule has 30 heavy (non-hydrogen) atoms. The number of aromatic nitrogens is 1. The van der Waals surface area contributed by atoms with Gasteiger partial charge >= 0.3 is 0 Å². The predicted molar refractivity (Wildman–Crippen MR) is 109 cm³/mol. The van der Waals surface area contributed by atoms with Gasteiger partial charge in [-0.25, -0.2) is 0 Å². The SMILES string of the molecule is O=C(c1ccc2c(c1)OCCO2)C1CCN(C(=O)Cc2noc3ccccc23)CC1. The number of hydrogen-bond acceptors (Lipinski definition) is 6. The Morgan fingerprint density at radius 3 is 2.60 bits per heavy atom. The predicted octanol–water partition coefficient (Wildman–Crippen LogP) is 3.26. The molecule has 2 aliphatic heterocycles. The Labute approximate surface area is 173 Å². The summed E-state index contributed by atoms with van der Waals surface area (Å²) >= 11 is 0. The molecule has 0 bridgehead atoms. The lowest BCUT2D eigenvalue weighted by atomic mass is 9.88. The van der Waals surface area contributed by atoms with Crippen LogP contribution in [0.5, 0.6) is 11.5 Å². The van der Waals surface area contributed by atoms with Gasteiger partial charge in [0.25, 0.3) is 0 Å². The van der Waals surface area contributed by atoms with Crippen LogP contribution in [0.25, 0.3) is 11.0 Å². The second kappa shape index (κ2) is 7.82. The molecule has 0 atom stereocenters. The molecular formula is C23H22N2O5. The molecule has 0 unspecified atom stereocenters. The number of ether oxygens (including phenoxy) is 2. The van der Waals surface area contributed by atoms with Crippen molar-refractivity contribution in [2.75, 3.05) is 26.3 Å². The van der Waals surface area contributed by atoms with E-state index in [9.17, 15) is 9.59 Å². The van der Waals surface area contributed by atoms with Crippen molar-refractivity contribution < 1.29 is 23.6 Å². The van der Waals surface area contributed by atoms with Crippen LogP contribution in [0.4, 0.5) is 0 Å². The minimum absolute atomic E-state index is 0.0132. The fourth-order valence-electron chi connectivity index (χ4n) is 4.14. The molecule has 2 aliphatic rings. The minimum atomic E-state index is -0.0931. The van der Waals surface area contributed by atoms with E-state index >= 15 is 0 Å². The molecule has 1 saturated heterocycles. The highest BCUT2D eigenvalue weighted by atomic mass is 16.6. The van der Waals surface area contributed by atoms with Gasteiger partial charge < -0.3 is 18.9 Å². The van der Waals surface area contributed by atoms with Crippen LogP contribution in [0.15, 0.2) is 47.0 Å². The second-order valence-electron chi connectivity index (χ2n) is 7.68. The number of benzene rings is 2. The molecule has 0 spiro atoms. The zero-order valence-electron chi connectivity index (χ0n) is 16.5. The third kappa shape index (κ3) is 3.51. The highest BCUT2D eigenvalue weighted by Gasteiger charge is 2.29. The van der Waals surface area contributed by atoms with Crippen molar-refractivity contribution in [3.8, 4) is 11.5 Å². The van der Waals surface area contributed by atoms with Crippen molar-refractivity contribution >= 4 is 22.7 Å². The van der Waals surface area contributed by atoms with Crippen LogP contribution in [0.1, 0.15) is 28.9 Å². The first kappa shape index (κ1) is 18.7. The van der Waals surface area contributed by atoms with Crippen molar-refractivity contribution in [3.05, 3.63) is 53.7 Å². The van der Waals surface area contributed by atoms with Crippen LogP contribution in [0, 0.1) is 5.92 Å². The fourth-order valence-corrected chi connectivity index (χ4v) is 4.14. The molecule has 2 aromatic carbocycles. The maximum absolute atomic E-state index is 12.9. The van der Waals surface area contributed by atoms with Gasteiger partial charge in [0.05, 0.1) is 6.42 Å². The Morgan fingerprint density at radius 2 is 1.77 bits per heavy atom. The quantitative estimate of drug-likeness (QED) is 0.619. The molecule has 0 N–H and O–H groups in total. The molecule has 3 aromatic rings. The fraction of sp³-hybridized carbons (Fsp3) is 0.348. The Balaban J connectivity index is 1.20. The molecule has 0 aliphatic carbocycles. The van der Waals surface area contributed by atoms with Crippen molar-refractivity contribution in [1.29, 1.82) is 0 Å². The molecule has 5 rings (SSSR count). The largest absolute Gasteiger partial charge is 0.486 e. The molecule has 0 radical (unpaired) electrons. The van der Waals surface area contributed by atoms with Crippen LogP contribution in [-0.2, 0) is 11.2 Å². The highest BCUT2D eigenvalue weighted by molar-refractivity contribution is 5.98. The lowest BCUT2D eigenvalue weighted by Gasteiger charge is -2.31. The number of carbonyl (C=O) groups is 2. The third-order valence-corrected chi connectivity index (χ3v) is 5.82. The number of hydrogen-bond donors (Lipinski definition) is 0. The van der Waals surface area contributed by atoms with Gasteiger partial charge in [-0.2, -0.15) is 0 Å². The molecule has 154 valence electrons. The summed E-state index contributed by atoms with van der Waals surface area (Å²) in [4.78, 5) is 27.5. The first-order valence-corrected chi connectivity index (χ1v) is 10.2. The monoisotopic (exact) mass is 406 g/mol. The standard InChI is InChI=1S/C23H22N2O5/c26-22(14-18-17-3-1-2-4-19(17)30-24-18)25-9-7-15(8-10-25)23(27)16-5-6-20-21(13-16)29-12-11-28-20/h1-6,13,15H,7-12,14H2. The summed E-state index contributed by atoms with van der Waals surface area (Å²) in [5, 5.41) is 4.92. The van der Waals surface area contributed by atoms with Crippen LogP contribution >= 0.6 is 0 Å². The molecule has 3 heterocycles. The average Bonchev–Trinajstić information content (AvgIpc) is 3.21. The summed E-state index contributed by atoms with van der Waals surface area (Å²) in [5.74, 6) is 1.32. The van der Waals surface area contributed by atoms with Crippen LogP contribution in [0.3, 0.4) is 0 Å². The zero-order chi connectivity index (χ0) is 20.5. The molecule has 0 saturated carbocycles. The molecule has 1 fully saturated rings. The highest BCUT2D eigenvalue weighted by Crippen LogP contribution is 2.32. The first-order valence-electron chi connectivity index (χ1n) is 10.2. The van der Waals surface area contributed by atoms with E-state index in [4.69, 9.17) is 14.0 Å². The third-order valence-electron chi connectivity index (χ3n) is 5.82. The van der Waals surface area contributed by atoms with E-state index in [1.165, 1.54) is 0 Å². The van der Waals surface area contributed by atoms with Gasteiger partial charge in [0.15, 0.2) is 22.9 Å². The van der Waals surface area contributed by atoms with Crippen molar-refractivity contribution in [1.82, 2.24) is 10.1 Å². The van der Waals surface area contributed by atoms with Gasteiger partial charge in [0, 0.05) is 30.0 Å². The van der Waals surface area contributed by atoms with Gasteiger partial charge in [-0.05, 0) is 43.2 Å². The van der Waals surface area contributed by atoms with Gasteiger partial charge in [0.2, 0.25) is 5.91 Å². The molecular weight excluding hydrogens is 384 g/mol. The van der Waals surface area contributed by atoms with E-state index in [1.54, 1.807) is 18.2 Å². The molecule has 1 aromatic heterocycles. The topological polar surface area (TPSA) is 81.9 Å². The van der Waals surface area contributed by atoms with Crippen LogP contribution in [-0.4, -0.2) is 48.1 Å². The number of likely N-dealkylation sites (tertiary alicyclic amines) is 1. The Bertz CT molecular complexity index is 1100. The van der Waals surface area contributed by atoms with Gasteiger partial charge in [0.1, 0.15) is 18.9 Å². The number of fused-ring (bicyclic) bond motifs is 2. The second-order valence-corrected chi connectivity index (χ2v) is 7.68. The summed E-state index contributed by atoms with van der Waals surface area (Å²) in [5.41, 5.74) is 1.98. The summed E-state index contributed by atoms with van der Waals surface area (Å²) in [7, 11) is 0. The maximum Gasteiger partial charge on any atom is 0.228 e. The Kier molecular flexibility index (Phi) is 4.86. The van der Waals surface area contributed by atoms with Crippen molar-refractivity contribution in [2.45, 2.75) is 19.3 Å². The number of carbonyl (C=O) groups excluding carboxylic acids is 2. The molecule has 7 nitrogen and oxygen atoms in total. The lowest BCUT2D eigenvalue weighted by Crippen LogP contribution is -2.41. The number of amides is 1. The number of nitrogens with zero attached hydrogens (tertiary/aromatic N) is 2. The summed E-state index contributed by atoms with van der Waals surface area (Å²) in [6, 6.07) is 12.9. The van der Waals surface area contributed by atoms with E-state index in [2.05, 4.69) is 5.16 Å². The maximum atomic E-state index is 12.9. The number of para-hydroxylation sites is 1. The Hall–Kier alpha value is -3.35. The Morgan fingerprint density at radius 1 is 1.00 bits per heavy atom. The van der Waals surface area contributed by atoms with E-state index < -0.39 is 0 Å². The first-order chi connectivity index (χ1) is 14.7. The zero-order valence-corrected chi connectivity index (χ0v) is 16.5. The molecule has 7 heteroatoms. The summed E-state index contributed by atoms with van der Waals surface area (Å²) < 4.78 is 16.4. The van der Waals surface area contributed by atoms with E-state index in [1.807, 2.05) is 29.2 Å². The number of ketones is 1. The summed E-state index contributed by atoms with van der Waals surface area (Å²) in [6.45, 7) is 2.15. The van der Waals surface area contributed by atoms with Gasteiger partial charge in [-0.1, -0.05) is 17.3 Å². The minimum Gasteiger partial charge on any atom is -0.486 e. The smallest absolute Gasteiger partial charge is 0.228 e. The lowest BCUT2D eigenvalue weighted by molar-refractivity contribution is -0.131. The number of rotatable bonds is 4. The number of piperidine rings is 1. The van der Waals surface area contributed by atoms with Gasteiger partial charge in [-0.3, -0.25) is 9.59 Å². The average molecular weight is 406 g/mol. The van der Waals surface area contributed by atoms with E-state index in [-0.39, 0.29) is 24.0 Å². The van der Waals surface area contributed by atoms with E-state index in [0.29, 0.717) is 67.5 Å². The molecule has 1 amide bonds. The van der Waals surface area contributed by atoms with Crippen LogP contribution < -0.4 is 9.47 Å². The number of Topliss-reactive ketones (excluding diaryl/α,β-unsaturated/α-hetero) is 1. The van der Waals surface area contributed by atoms with Crippen molar-refractivity contribution in [3.63, 3.8) is 0 Å². The van der Waals surface area contributed by atoms with Crippen molar-refractivity contribution in [2.24, 2.45) is 5.92 Å². The van der Waals surface area contributed by atoms with E-state index in [0.717, 1.165) is 5.39 Å². The van der Waals surface area contributed by atoms with Gasteiger partial charge in [-0.15, -0.1) is 0 Å². The van der Waals surface area contributed by atoms with Crippen LogP contribution in [0.2, 0.25) is 0 Å². The summed E-state index contributed by atoms with van der Waals surface area (Å²) in [6.07, 6.45) is 1.51. The normalized spacial score (nSPS) is 16.6.